The van der Waals surface area contributed by atoms with Crippen molar-refractivity contribution >= 4 is 11.2 Å². The van der Waals surface area contributed by atoms with Gasteiger partial charge in [0.15, 0.2) is 11.2 Å². The first-order valence-electron chi connectivity index (χ1n) is 2.51. The van der Waals surface area contributed by atoms with Gasteiger partial charge in [0.1, 0.15) is 0 Å². The maximum absolute atomic E-state index is 10.7. The Morgan fingerprint density at radius 2 is 2.12 bits per heavy atom. The van der Waals surface area contributed by atoms with E-state index in [2.05, 4.69) is 4.72 Å². The van der Waals surface area contributed by atoms with E-state index in [-0.39, 0.29) is 0 Å². The Labute approximate surface area is 52.8 Å². The monoisotopic (exact) mass is 136 g/mol. The van der Waals surface area contributed by atoms with Crippen LogP contribution in [-0.4, -0.2) is 29.2 Å². The summed E-state index contributed by atoms with van der Waals surface area (Å²) < 4.78 is 15.0. The van der Waals surface area contributed by atoms with E-state index < -0.39 is 11.2 Å². The minimum absolute atomic E-state index is 0.741. The van der Waals surface area contributed by atoms with E-state index in [1.165, 1.54) is 0 Å². The molecule has 0 aliphatic heterocycles. The summed E-state index contributed by atoms with van der Waals surface area (Å²) in [5.41, 5.74) is 0. The summed E-state index contributed by atoms with van der Waals surface area (Å²) in [4.78, 5) is 0. The zero-order chi connectivity index (χ0) is 6.57. The van der Waals surface area contributed by atoms with Crippen LogP contribution in [-0.2, 0) is 11.2 Å². The summed E-state index contributed by atoms with van der Waals surface area (Å²) in [7, 11) is 3.53. The number of hydrogen-bond donors (Lipinski definition) is 1. The molecule has 4 heteroatoms. The first kappa shape index (κ1) is 8.07. The van der Waals surface area contributed by atoms with Crippen LogP contribution in [0.25, 0.3) is 0 Å². The largest absolute Gasteiger partial charge is 0.225 e. The summed E-state index contributed by atoms with van der Waals surface area (Å²) in [6.45, 7) is 2.66. The summed E-state index contributed by atoms with van der Waals surface area (Å²) in [5.74, 6) is 0. The molecule has 0 rings (SSSR count). The standard InChI is InChI=1S/C4H12N2OS/c1-4-5-8(7)6(2)3/h5H,4H2,1-3H3. The van der Waals surface area contributed by atoms with Crippen LogP contribution in [0.4, 0.5) is 0 Å². The Balaban J connectivity index is 3.33. The van der Waals surface area contributed by atoms with Gasteiger partial charge in [0.25, 0.3) is 0 Å². The average Bonchev–Trinajstić information content (AvgIpc) is 1.67. The van der Waals surface area contributed by atoms with Gasteiger partial charge in [-0.1, -0.05) is 6.92 Å². The van der Waals surface area contributed by atoms with Crippen LogP contribution in [0.2, 0.25) is 0 Å². The predicted molar refractivity (Wildman–Crippen MR) is 35.5 cm³/mol. The van der Waals surface area contributed by atoms with Crippen LogP contribution in [0.1, 0.15) is 6.92 Å². The topological polar surface area (TPSA) is 32.3 Å². The minimum Gasteiger partial charge on any atom is -0.225 e. The van der Waals surface area contributed by atoms with Crippen molar-refractivity contribution in [1.82, 2.24) is 9.03 Å². The van der Waals surface area contributed by atoms with E-state index in [0.717, 1.165) is 6.54 Å². The van der Waals surface area contributed by atoms with E-state index in [0.29, 0.717) is 0 Å². The molecule has 0 aromatic carbocycles. The van der Waals surface area contributed by atoms with Gasteiger partial charge in [0.05, 0.1) is 0 Å². The smallest absolute Gasteiger partial charge is 0.169 e. The molecular weight excluding hydrogens is 124 g/mol. The number of nitrogens with one attached hydrogen (secondary N) is 1. The molecule has 0 saturated heterocycles. The van der Waals surface area contributed by atoms with Crippen LogP contribution >= 0.6 is 0 Å². The summed E-state index contributed by atoms with van der Waals surface area (Å²) in [6, 6.07) is 0. The Bertz CT molecular complexity index is 84.1. The van der Waals surface area contributed by atoms with Crippen molar-refractivity contribution in [2.75, 3.05) is 20.6 Å². The fourth-order valence-electron chi connectivity index (χ4n) is 0.253. The molecule has 1 N–H and O–H groups in total. The van der Waals surface area contributed by atoms with Crippen molar-refractivity contribution in [2.45, 2.75) is 6.92 Å². The molecule has 0 aliphatic carbocycles. The molecule has 0 heterocycles. The van der Waals surface area contributed by atoms with Gasteiger partial charge in [0, 0.05) is 20.6 Å². The van der Waals surface area contributed by atoms with E-state index in [1.54, 1.807) is 18.4 Å². The highest BCUT2D eigenvalue weighted by Crippen LogP contribution is 1.76. The molecule has 0 saturated carbocycles. The van der Waals surface area contributed by atoms with Gasteiger partial charge in [-0.3, -0.25) is 0 Å². The third kappa shape index (κ3) is 3.12. The highest BCUT2D eigenvalue weighted by atomic mass is 32.2. The lowest BCUT2D eigenvalue weighted by Crippen LogP contribution is -2.28. The summed E-state index contributed by atoms with van der Waals surface area (Å²) in [5, 5.41) is 0. The molecule has 0 spiro atoms. The molecule has 0 aromatic heterocycles. The van der Waals surface area contributed by atoms with Gasteiger partial charge >= 0.3 is 0 Å². The quantitative estimate of drug-likeness (QED) is 0.569. The Hall–Kier alpha value is 0.0700. The van der Waals surface area contributed by atoms with Crippen LogP contribution in [0.5, 0.6) is 0 Å². The Morgan fingerprint density at radius 3 is 2.25 bits per heavy atom. The molecule has 8 heavy (non-hydrogen) atoms. The van der Waals surface area contributed by atoms with E-state index in [9.17, 15) is 4.21 Å². The molecule has 1 atom stereocenters. The first-order chi connectivity index (χ1) is 3.68. The fourth-order valence-corrected chi connectivity index (χ4v) is 0.758. The minimum atomic E-state index is -0.988. The SMILES string of the molecule is CCNS(=O)N(C)C. The average molecular weight is 136 g/mol. The lowest BCUT2D eigenvalue weighted by Gasteiger charge is -2.07. The van der Waals surface area contributed by atoms with E-state index in [4.69, 9.17) is 0 Å². The van der Waals surface area contributed by atoms with Crippen LogP contribution in [0.15, 0.2) is 0 Å². The van der Waals surface area contributed by atoms with Gasteiger partial charge in [-0.15, -0.1) is 0 Å². The molecule has 0 radical (unpaired) electrons. The van der Waals surface area contributed by atoms with Crippen molar-refractivity contribution in [2.24, 2.45) is 0 Å². The number of hydrogen-bond acceptors (Lipinski definition) is 1. The zero-order valence-electron chi connectivity index (χ0n) is 5.47. The molecule has 0 fully saturated rings. The van der Waals surface area contributed by atoms with Crippen LogP contribution in [0.3, 0.4) is 0 Å². The second-order valence-corrected chi connectivity index (χ2v) is 3.08. The molecule has 1 unspecified atom stereocenters. The van der Waals surface area contributed by atoms with Crippen LogP contribution < -0.4 is 4.72 Å². The van der Waals surface area contributed by atoms with Crippen molar-refractivity contribution in [3.05, 3.63) is 0 Å². The maximum Gasteiger partial charge on any atom is 0.169 e. The zero-order valence-corrected chi connectivity index (χ0v) is 6.29. The maximum atomic E-state index is 10.7. The van der Waals surface area contributed by atoms with E-state index in [1.807, 2.05) is 6.92 Å². The second kappa shape index (κ2) is 4.00. The lowest BCUT2D eigenvalue weighted by molar-refractivity contribution is 0.590. The van der Waals surface area contributed by atoms with Crippen molar-refractivity contribution < 1.29 is 4.21 Å². The highest BCUT2D eigenvalue weighted by Gasteiger charge is 1.95. The molecule has 0 aromatic rings. The van der Waals surface area contributed by atoms with Gasteiger partial charge in [-0.05, 0) is 0 Å². The molecule has 0 amide bonds. The van der Waals surface area contributed by atoms with Gasteiger partial charge in [-0.25, -0.2) is 13.2 Å². The van der Waals surface area contributed by atoms with Gasteiger partial charge < -0.3 is 0 Å². The Morgan fingerprint density at radius 1 is 1.62 bits per heavy atom. The number of rotatable bonds is 3. The highest BCUT2D eigenvalue weighted by molar-refractivity contribution is 7.80. The summed E-state index contributed by atoms with van der Waals surface area (Å²) >= 11 is -0.988. The third-order valence-corrected chi connectivity index (χ3v) is 1.80. The number of nitrogens with zero attached hydrogens (tertiary/aromatic N) is 1. The molecular formula is C4H12N2OS. The fraction of sp³-hybridized carbons (Fsp3) is 1.00. The normalized spacial score (nSPS) is 14.5. The molecule has 0 bridgehead atoms. The Kier molecular flexibility index (Phi) is 4.03. The summed E-state index contributed by atoms with van der Waals surface area (Å²) in [6.07, 6.45) is 0. The molecule has 3 nitrogen and oxygen atoms in total. The van der Waals surface area contributed by atoms with Crippen molar-refractivity contribution in [1.29, 1.82) is 0 Å². The van der Waals surface area contributed by atoms with Crippen molar-refractivity contribution in [3.63, 3.8) is 0 Å². The van der Waals surface area contributed by atoms with E-state index >= 15 is 0 Å². The lowest BCUT2D eigenvalue weighted by atomic mass is 10.8. The van der Waals surface area contributed by atoms with Gasteiger partial charge in [0.2, 0.25) is 0 Å². The van der Waals surface area contributed by atoms with Crippen molar-refractivity contribution in [3.8, 4) is 0 Å². The second-order valence-electron chi connectivity index (χ2n) is 1.56. The molecule has 50 valence electrons. The third-order valence-electron chi connectivity index (χ3n) is 0.599. The first-order valence-corrected chi connectivity index (χ1v) is 3.62. The molecule has 0 aliphatic rings. The van der Waals surface area contributed by atoms with Crippen LogP contribution in [0, 0.1) is 0 Å². The van der Waals surface area contributed by atoms with Gasteiger partial charge in [-0.2, -0.15) is 0 Å². The predicted octanol–water partition coefficient (Wildman–Crippen LogP) is -0.264.